The maximum absolute atomic E-state index is 13.8. The van der Waals surface area contributed by atoms with Crippen LogP contribution in [0.2, 0.25) is 5.02 Å². The normalized spacial score (nSPS) is 11.3. The van der Waals surface area contributed by atoms with Gasteiger partial charge in [0, 0.05) is 16.8 Å². The van der Waals surface area contributed by atoms with Crippen molar-refractivity contribution >= 4 is 34.6 Å². The topological polar surface area (TPSA) is 110 Å². The Hall–Kier alpha value is -4.44. The highest BCUT2D eigenvalue weighted by atomic mass is 35.5. The van der Waals surface area contributed by atoms with Gasteiger partial charge >= 0.3 is 5.97 Å². The summed E-state index contributed by atoms with van der Waals surface area (Å²) in [6, 6.07) is 15.4. The van der Waals surface area contributed by atoms with Gasteiger partial charge in [0.2, 0.25) is 0 Å². The Kier molecular flexibility index (Phi) is 6.42. The molecule has 0 saturated carbocycles. The van der Waals surface area contributed by atoms with Crippen LogP contribution in [-0.2, 0) is 0 Å². The maximum atomic E-state index is 13.8. The standard InChI is InChI=1S/C23H14ClF2N5O3/c24-14-7-8-16(23(33)34)20(11-14)27-12-17(21(32)13-6-9-18(25)19(26)10-13)22-28-29-30-31(22)15-4-2-1-3-5-15/h1-12,27H,(H,33,34)/b17-12+. The molecule has 0 aliphatic rings. The van der Waals surface area contributed by atoms with Gasteiger partial charge < -0.3 is 10.4 Å². The maximum Gasteiger partial charge on any atom is 0.337 e. The van der Waals surface area contributed by atoms with Crippen molar-refractivity contribution in [1.29, 1.82) is 0 Å². The lowest BCUT2D eigenvalue weighted by Gasteiger charge is -2.11. The summed E-state index contributed by atoms with van der Waals surface area (Å²) in [4.78, 5) is 24.9. The highest BCUT2D eigenvalue weighted by Crippen LogP contribution is 2.25. The van der Waals surface area contributed by atoms with E-state index >= 15 is 0 Å². The number of para-hydroxylation sites is 1. The summed E-state index contributed by atoms with van der Waals surface area (Å²) < 4.78 is 28.5. The van der Waals surface area contributed by atoms with E-state index in [0.29, 0.717) is 5.69 Å². The fraction of sp³-hybridized carbons (Fsp3) is 0. The Morgan fingerprint density at radius 1 is 1.00 bits per heavy atom. The van der Waals surface area contributed by atoms with E-state index in [1.165, 1.54) is 29.1 Å². The van der Waals surface area contributed by atoms with Crippen LogP contribution in [0.25, 0.3) is 11.3 Å². The minimum atomic E-state index is -1.23. The first kappa shape index (κ1) is 22.7. The van der Waals surface area contributed by atoms with Crippen molar-refractivity contribution in [3.8, 4) is 5.69 Å². The van der Waals surface area contributed by atoms with Crippen LogP contribution in [0.15, 0.2) is 72.9 Å². The summed E-state index contributed by atoms with van der Waals surface area (Å²) in [5.41, 5.74) is 0.202. The number of halogens is 3. The zero-order valence-electron chi connectivity index (χ0n) is 17.1. The number of allylic oxidation sites excluding steroid dienone is 1. The average Bonchev–Trinajstić information content (AvgIpc) is 3.31. The molecule has 0 fully saturated rings. The number of tetrazole rings is 1. The van der Waals surface area contributed by atoms with Crippen molar-refractivity contribution in [3.05, 3.63) is 107 Å². The average molecular weight is 482 g/mol. The van der Waals surface area contributed by atoms with Gasteiger partial charge in [0.05, 0.1) is 22.5 Å². The molecule has 0 atom stereocenters. The number of aromatic carboxylic acids is 1. The smallest absolute Gasteiger partial charge is 0.337 e. The Morgan fingerprint density at radius 2 is 1.76 bits per heavy atom. The molecule has 2 N–H and O–H groups in total. The third-order valence-corrected chi connectivity index (χ3v) is 4.96. The molecule has 0 aliphatic carbocycles. The van der Waals surface area contributed by atoms with E-state index in [9.17, 15) is 23.5 Å². The van der Waals surface area contributed by atoms with Gasteiger partial charge in [-0.25, -0.2) is 13.6 Å². The predicted molar refractivity (Wildman–Crippen MR) is 120 cm³/mol. The van der Waals surface area contributed by atoms with Crippen molar-refractivity contribution < 1.29 is 23.5 Å². The van der Waals surface area contributed by atoms with Crippen molar-refractivity contribution in [2.75, 3.05) is 5.32 Å². The van der Waals surface area contributed by atoms with Crippen LogP contribution >= 0.6 is 11.6 Å². The van der Waals surface area contributed by atoms with E-state index in [-0.39, 0.29) is 33.2 Å². The second-order valence-corrected chi connectivity index (χ2v) is 7.34. The summed E-state index contributed by atoms with van der Waals surface area (Å²) in [6.45, 7) is 0. The third kappa shape index (κ3) is 4.66. The number of carboxylic acid groups (broad SMARTS) is 1. The number of hydrogen-bond donors (Lipinski definition) is 2. The SMILES string of the molecule is O=C(/C(=C\Nc1cc(Cl)ccc1C(=O)O)c1nnnn1-c1ccccc1)c1ccc(F)c(F)c1. The molecule has 0 unspecified atom stereocenters. The molecular formula is C23H14ClF2N5O3. The molecule has 8 nitrogen and oxygen atoms in total. The second kappa shape index (κ2) is 9.59. The Balaban J connectivity index is 1.84. The molecule has 0 saturated heterocycles. The van der Waals surface area contributed by atoms with Gasteiger partial charge in [0.15, 0.2) is 23.2 Å². The number of carboxylic acids is 1. The number of carbonyl (C=O) groups is 2. The first-order valence-electron chi connectivity index (χ1n) is 9.68. The number of aromatic nitrogens is 4. The van der Waals surface area contributed by atoms with E-state index in [1.807, 2.05) is 0 Å². The van der Waals surface area contributed by atoms with Crippen molar-refractivity contribution in [1.82, 2.24) is 20.2 Å². The van der Waals surface area contributed by atoms with Crippen LogP contribution < -0.4 is 5.32 Å². The molecule has 1 aromatic heterocycles. The molecular weight excluding hydrogens is 468 g/mol. The summed E-state index contributed by atoms with van der Waals surface area (Å²) in [6.07, 6.45) is 1.19. The highest BCUT2D eigenvalue weighted by Gasteiger charge is 2.23. The van der Waals surface area contributed by atoms with Gasteiger partial charge in [-0.1, -0.05) is 29.8 Å². The highest BCUT2D eigenvalue weighted by molar-refractivity contribution is 6.31. The minimum absolute atomic E-state index is 0.0210. The number of carbonyl (C=O) groups excluding carboxylic acids is 1. The predicted octanol–water partition coefficient (Wildman–Crippen LogP) is 4.63. The summed E-state index contributed by atoms with van der Waals surface area (Å²) in [5.74, 6) is -4.30. The monoisotopic (exact) mass is 481 g/mol. The van der Waals surface area contributed by atoms with E-state index in [0.717, 1.165) is 18.2 Å². The molecule has 170 valence electrons. The minimum Gasteiger partial charge on any atom is -0.478 e. The third-order valence-electron chi connectivity index (χ3n) is 4.72. The lowest BCUT2D eigenvalue weighted by Crippen LogP contribution is -2.12. The van der Waals surface area contributed by atoms with Gasteiger partial charge in [-0.15, -0.1) is 5.10 Å². The molecule has 4 rings (SSSR count). The van der Waals surface area contributed by atoms with Crippen LogP contribution in [0.1, 0.15) is 26.5 Å². The number of nitrogens with zero attached hydrogens (tertiary/aromatic N) is 4. The van der Waals surface area contributed by atoms with E-state index in [1.54, 1.807) is 30.3 Å². The van der Waals surface area contributed by atoms with E-state index in [4.69, 9.17) is 11.6 Å². The summed E-state index contributed by atoms with van der Waals surface area (Å²) in [7, 11) is 0. The van der Waals surface area contributed by atoms with Gasteiger partial charge in [-0.2, -0.15) is 4.68 Å². The molecule has 0 amide bonds. The van der Waals surface area contributed by atoms with Crippen molar-refractivity contribution in [2.24, 2.45) is 0 Å². The molecule has 0 aliphatic heterocycles. The van der Waals surface area contributed by atoms with Gasteiger partial charge in [-0.3, -0.25) is 4.79 Å². The zero-order valence-corrected chi connectivity index (χ0v) is 17.9. The largest absolute Gasteiger partial charge is 0.478 e. The summed E-state index contributed by atoms with van der Waals surface area (Å²) in [5, 5.41) is 23.9. The molecule has 0 bridgehead atoms. The number of Topliss-reactive ketones (excluding diaryl/α,β-unsaturated/α-hetero) is 1. The second-order valence-electron chi connectivity index (χ2n) is 6.91. The van der Waals surface area contributed by atoms with Crippen LogP contribution in [0.3, 0.4) is 0 Å². The van der Waals surface area contributed by atoms with Crippen molar-refractivity contribution in [2.45, 2.75) is 0 Å². The Bertz CT molecular complexity index is 1420. The van der Waals surface area contributed by atoms with Crippen molar-refractivity contribution in [3.63, 3.8) is 0 Å². The first-order valence-corrected chi connectivity index (χ1v) is 10.1. The number of hydrogen-bond acceptors (Lipinski definition) is 6. The fourth-order valence-electron chi connectivity index (χ4n) is 3.09. The molecule has 34 heavy (non-hydrogen) atoms. The van der Waals surface area contributed by atoms with Gasteiger partial charge in [0.1, 0.15) is 0 Å². The van der Waals surface area contributed by atoms with E-state index in [2.05, 4.69) is 20.8 Å². The molecule has 0 spiro atoms. The van der Waals surface area contributed by atoms with Gasteiger partial charge in [-0.05, 0) is 59.0 Å². The number of ketones is 1. The molecule has 0 radical (unpaired) electrons. The van der Waals surface area contributed by atoms with E-state index < -0.39 is 23.4 Å². The Labute approximate surface area is 196 Å². The summed E-state index contributed by atoms with van der Waals surface area (Å²) >= 11 is 6.00. The van der Waals surface area contributed by atoms with Crippen LogP contribution in [-0.4, -0.2) is 37.1 Å². The lowest BCUT2D eigenvalue weighted by atomic mass is 10.0. The number of anilines is 1. The Morgan fingerprint density at radius 3 is 2.47 bits per heavy atom. The first-order chi connectivity index (χ1) is 16.3. The van der Waals surface area contributed by atoms with Crippen LogP contribution in [0.5, 0.6) is 0 Å². The van der Waals surface area contributed by atoms with Crippen LogP contribution in [0, 0.1) is 11.6 Å². The fourth-order valence-corrected chi connectivity index (χ4v) is 3.27. The number of benzene rings is 3. The van der Waals surface area contributed by atoms with Gasteiger partial charge in [0.25, 0.3) is 0 Å². The van der Waals surface area contributed by atoms with Crippen LogP contribution in [0.4, 0.5) is 14.5 Å². The number of nitrogens with one attached hydrogen (secondary N) is 1. The zero-order chi connectivity index (χ0) is 24.2. The molecule has 11 heteroatoms. The number of rotatable bonds is 7. The quantitative estimate of drug-likeness (QED) is 0.292. The molecule has 3 aromatic carbocycles. The molecule has 4 aromatic rings. The lowest BCUT2D eigenvalue weighted by molar-refractivity contribution is 0.0697. The molecule has 1 heterocycles.